The van der Waals surface area contributed by atoms with Crippen LogP contribution in [0.1, 0.15) is 37.8 Å². The predicted octanol–water partition coefficient (Wildman–Crippen LogP) is 1.87. The lowest BCUT2D eigenvalue weighted by Crippen LogP contribution is -2.59. The molecule has 12 nitrogen and oxygen atoms in total. The summed E-state index contributed by atoms with van der Waals surface area (Å²) in [6.45, 7) is 5.40. The van der Waals surface area contributed by atoms with Gasteiger partial charge in [-0.1, -0.05) is 61.9 Å². The van der Waals surface area contributed by atoms with Crippen molar-refractivity contribution in [1.29, 1.82) is 5.41 Å². The van der Waals surface area contributed by atoms with E-state index in [-0.39, 0.29) is 48.5 Å². The Balaban J connectivity index is 0.00000882. The first-order valence-corrected chi connectivity index (χ1v) is 14.6. The van der Waals surface area contributed by atoms with Crippen molar-refractivity contribution in [3.05, 3.63) is 65.7 Å². The third-order valence-electron chi connectivity index (χ3n) is 6.40. The normalized spacial score (nSPS) is 12.9. The van der Waals surface area contributed by atoms with Crippen LogP contribution in [0, 0.1) is 18.3 Å². The van der Waals surface area contributed by atoms with Crippen molar-refractivity contribution in [1.82, 2.24) is 14.9 Å². The number of nitrogens with zero attached hydrogens (tertiary/aromatic N) is 1. The number of carbonyl (C=O) groups is 3. The number of halogens is 2. The lowest BCUT2D eigenvalue weighted by Gasteiger charge is -2.34. The molecule has 0 bridgehead atoms. The highest BCUT2D eigenvalue weighted by Crippen LogP contribution is 2.25. The molecule has 2 aromatic rings. The van der Waals surface area contributed by atoms with Crippen LogP contribution in [0.5, 0.6) is 0 Å². The van der Waals surface area contributed by atoms with Crippen molar-refractivity contribution in [2.75, 3.05) is 13.7 Å². The molecule has 0 aliphatic carbocycles. The second kappa shape index (κ2) is 18.3. The smallest absolute Gasteiger partial charge is 0.330 e. The number of carbonyl (C=O) groups excluding carboxylic acids is 3. The number of nitrogens with one attached hydrogen (secondary N) is 3. The molecule has 0 fully saturated rings. The number of amides is 2. The summed E-state index contributed by atoms with van der Waals surface area (Å²) in [4.78, 5) is 40.0. The van der Waals surface area contributed by atoms with Crippen LogP contribution in [-0.2, 0) is 35.6 Å². The van der Waals surface area contributed by atoms with Crippen molar-refractivity contribution in [2.45, 2.75) is 63.1 Å². The molecular weight excluding hydrogens is 619 g/mol. The van der Waals surface area contributed by atoms with Gasteiger partial charge < -0.3 is 26.8 Å². The molecule has 7 N–H and O–H groups in total. The number of guanidine groups is 1. The molecule has 0 saturated heterocycles. The maximum atomic E-state index is 14.2. The van der Waals surface area contributed by atoms with Gasteiger partial charge in [0, 0.05) is 13.0 Å². The minimum Gasteiger partial charge on any atom is -0.467 e. The van der Waals surface area contributed by atoms with Crippen LogP contribution in [0.3, 0.4) is 0 Å². The molecule has 240 valence electrons. The zero-order chi connectivity index (χ0) is 30.7. The Bertz CT molecular complexity index is 1310. The summed E-state index contributed by atoms with van der Waals surface area (Å²) in [5.74, 6) is -3.36. The fourth-order valence-corrected chi connectivity index (χ4v) is 5.64. The fraction of sp³-hybridized carbons (Fsp3) is 0.429. The van der Waals surface area contributed by atoms with E-state index in [1.54, 1.807) is 63.2 Å². The molecular formula is C28H42Cl2N6O6S. The summed E-state index contributed by atoms with van der Waals surface area (Å²) in [6.07, 6.45) is 0.491. The first-order chi connectivity index (χ1) is 19.3. The molecule has 0 aromatic heterocycles. The summed E-state index contributed by atoms with van der Waals surface area (Å²) in [5, 5.41) is 12.4. The Labute approximate surface area is 265 Å². The van der Waals surface area contributed by atoms with Crippen LogP contribution in [0.25, 0.3) is 0 Å². The van der Waals surface area contributed by atoms with Crippen molar-refractivity contribution in [3.8, 4) is 0 Å². The van der Waals surface area contributed by atoms with Gasteiger partial charge in [0.25, 0.3) is 15.9 Å². The maximum absolute atomic E-state index is 14.2. The molecule has 2 rings (SSSR count). The summed E-state index contributed by atoms with van der Waals surface area (Å²) < 4.78 is 33.6. The number of methoxy groups -OCH3 is 1. The van der Waals surface area contributed by atoms with Crippen LogP contribution in [0.15, 0.2) is 59.5 Å². The molecule has 3 atom stereocenters. The third-order valence-corrected chi connectivity index (χ3v) is 8.22. The Kier molecular flexibility index (Phi) is 16.9. The van der Waals surface area contributed by atoms with Gasteiger partial charge in [-0.25, -0.2) is 17.5 Å². The maximum Gasteiger partial charge on any atom is 0.330 e. The highest BCUT2D eigenvalue weighted by Gasteiger charge is 2.44. The molecule has 2 amide bonds. The molecule has 15 heteroatoms. The van der Waals surface area contributed by atoms with Gasteiger partial charge in [-0.3, -0.25) is 15.0 Å². The van der Waals surface area contributed by atoms with Crippen molar-refractivity contribution in [2.24, 2.45) is 17.4 Å². The molecule has 0 aliphatic heterocycles. The molecule has 0 saturated carbocycles. The largest absolute Gasteiger partial charge is 0.467 e. The molecule has 0 radical (unpaired) electrons. The minimum atomic E-state index is -4.59. The molecule has 0 spiro atoms. The fourth-order valence-electron chi connectivity index (χ4n) is 4.09. The van der Waals surface area contributed by atoms with Gasteiger partial charge in [0.05, 0.1) is 18.0 Å². The summed E-state index contributed by atoms with van der Waals surface area (Å²) in [5.41, 5.74) is 12.7. The first kappa shape index (κ1) is 39.6. The van der Waals surface area contributed by atoms with E-state index in [1.165, 1.54) is 12.1 Å². The van der Waals surface area contributed by atoms with E-state index < -0.39 is 51.9 Å². The van der Waals surface area contributed by atoms with Gasteiger partial charge >= 0.3 is 5.97 Å². The highest BCUT2D eigenvalue weighted by molar-refractivity contribution is 7.89. The minimum absolute atomic E-state index is 0. The SMILES string of the molecule is COC(=O)[C@H](Cc1ccccc1)N(C(=O)[C@@H](NC(=O)[C@@H](N)CCCNC(=N)N)C(C)C)S(=O)(=O)c1ccc(C)cc1.Cl.Cl. The lowest BCUT2D eigenvalue weighted by molar-refractivity contribution is -0.150. The zero-order valence-electron chi connectivity index (χ0n) is 24.6. The number of rotatable bonds is 14. The van der Waals surface area contributed by atoms with Crippen LogP contribution >= 0.6 is 24.8 Å². The van der Waals surface area contributed by atoms with Gasteiger partial charge in [-0.15, -0.1) is 24.8 Å². The Morgan fingerprint density at radius 2 is 1.60 bits per heavy atom. The van der Waals surface area contributed by atoms with Crippen molar-refractivity contribution < 1.29 is 27.5 Å². The average molecular weight is 662 g/mol. The van der Waals surface area contributed by atoms with Crippen molar-refractivity contribution in [3.63, 3.8) is 0 Å². The number of hydrogen-bond acceptors (Lipinski definition) is 8. The highest BCUT2D eigenvalue weighted by atomic mass is 35.5. The second-order valence-corrected chi connectivity index (χ2v) is 11.8. The standard InChI is InChI=1S/C28H40N6O6S.2ClH/c1-18(2)24(33-25(35)22(29)11-8-16-32-28(30)31)26(36)34(41(38,39)21-14-12-19(3)13-15-21)23(27(37)40-4)17-20-9-6-5-7-10-20;;/h5-7,9-10,12-15,18,22-24H,8,11,16-17,29H2,1-4H3,(H,33,35)(H4,30,31,32);2*1H/t22-,23-,24-;;/m0../s1. The van der Waals surface area contributed by atoms with E-state index in [9.17, 15) is 22.8 Å². The Morgan fingerprint density at radius 1 is 1.02 bits per heavy atom. The van der Waals surface area contributed by atoms with E-state index in [0.717, 1.165) is 12.7 Å². The number of esters is 1. The van der Waals surface area contributed by atoms with E-state index in [0.29, 0.717) is 22.8 Å². The average Bonchev–Trinajstić information content (AvgIpc) is 2.93. The lowest BCUT2D eigenvalue weighted by atomic mass is 10.0. The number of nitrogens with two attached hydrogens (primary N) is 2. The molecule has 0 aliphatic rings. The summed E-state index contributed by atoms with van der Waals surface area (Å²) in [6, 6.07) is 10.6. The van der Waals surface area contributed by atoms with Gasteiger partial charge in [0.2, 0.25) is 5.91 Å². The Hall–Kier alpha value is -3.39. The van der Waals surface area contributed by atoms with Crippen molar-refractivity contribution >= 4 is 58.6 Å². The number of hydrogen-bond donors (Lipinski definition) is 5. The van der Waals surface area contributed by atoms with Crippen LogP contribution < -0.4 is 22.1 Å². The number of aryl methyl sites for hydroxylation is 1. The third kappa shape index (κ3) is 11.3. The van der Waals surface area contributed by atoms with Crippen LogP contribution in [0.2, 0.25) is 0 Å². The van der Waals surface area contributed by atoms with E-state index in [2.05, 4.69) is 10.6 Å². The first-order valence-electron chi connectivity index (χ1n) is 13.2. The monoisotopic (exact) mass is 660 g/mol. The van der Waals surface area contributed by atoms with Gasteiger partial charge in [0.15, 0.2) is 5.96 Å². The number of ether oxygens (including phenoxy) is 1. The predicted molar refractivity (Wildman–Crippen MR) is 170 cm³/mol. The second-order valence-electron chi connectivity index (χ2n) is 10.0. The van der Waals surface area contributed by atoms with Gasteiger partial charge in [-0.2, -0.15) is 0 Å². The molecule has 2 aromatic carbocycles. The summed E-state index contributed by atoms with van der Waals surface area (Å²) >= 11 is 0. The van der Waals surface area contributed by atoms with E-state index >= 15 is 0 Å². The quantitative estimate of drug-likeness (QED) is 0.0869. The van der Waals surface area contributed by atoms with E-state index in [1.807, 2.05) is 0 Å². The topological polar surface area (TPSA) is 198 Å². The van der Waals surface area contributed by atoms with E-state index in [4.69, 9.17) is 21.6 Å². The van der Waals surface area contributed by atoms with Gasteiger partial charge in [-0.05, 0) is 43.4 Å². The molecule has 0 heterocycles. The van der Waals surface area contributed by atoms with Gasteiger partial charge in [0.1, 0.15) is 12.1 Å². The Morgan fingerprint density at radius 3 is 2.12 bits per heavy atom. The molecule has 43 heavy (non-hydrogen) atoms. The summed E-state index contributed by atoms with van der Waals surface area (Å²) in [7, 11) is -3.48. The number of benzene rings is 2. The number of sulfonamides is 1. The molecule has 0 unspecified atom stereocenters. The van der Waals surface area contributed by atoms with Crippen LogP contribution in [0.4, 0.5) is 0 Å². The van der Waals surface area contributed by atoms with Crippen LogP contribution in [-0.4, -0.2) is 68.2 Å². The zero-order valence-corrected chi connectivity index (χ0v) is 27.1.